The zero-order valence-electron chi connectivity index (χ0n) is 11.6. The maximum Gasteiger partial charge on any atom is 0.335 e. The van der Waals surface area contributed by atoms with Crippen LogP contribution in [-0.4, -0.2) is 38.4 Å². The van der Waals surface area contributed by atoms with E-state index in [4.69, 9.17) is 5.11 Å². The number of aromatic amines is 1. The Kier molecular flexibility index (Phi) is 3.46. The van der Waals surface area contributed by atoms with Gasteiger partial charge in [-0.25, -0.2) is 9.78 Å². The van der Waals surface area contributed by atoms with E-state index in [9.17, 15) is 14.4 Å². The molecular weight excluding hydrogens is 286 g/mol. The Morgan fingerprint density at radius 1 is 1.18 bits per heavy atom. The minimum absolute atomic E-state index is 0.126. The number of nitrogens with zero attached hydrogens (tertiary/aromatic N) is 2. The fraction of sp³-hybridized carbons (Fsp3) is 0.200. The molecule has 7 nitrogen and oxygen atoms in total. The number of fused-ring (bicyclic) bond motifs is 1. The van der Waals surface area contributed by atoms with Crippen LogP contribution in [0.4, 0.5) is 0 Å². The van der Waals surface area contributed by atoms with Gasteiger partial charge in [0.1, 0.15) is 0 Å². The molecule has 112 valence electrons. The Labute approximate surface area is 125 Å². The minimum atomic E-state index is -1.04. The summed E-state index contributed by atoms with van der Waals surface area (Å²) in [6, 6.07) is 5.74. The molecule has 7 heteroatoms. The van der Waals surface area contributed by atoms with Crippen molar-refractivity contribution in [3.8, 4) is 0 Å². The lowest BCUT2D eigenvalue weighted by Gasteiger charge is -2.27. The van der Waals surface area contributed by atoms with E-state index in [1.54, 1.807) is 4.90 Å². The van der Waals surface area contributed by atoms with Gasteiger partial charge in [-0.05, 0) is 24.3 Å². The molecule has 0 saturated heterocycles. The summed E-state index contributed by atoms with van der Waals surface area (Å²) in [5.41, 5.74) is 1.51. The van der Waals surface area contributed by atoms with Gasteiger partial charge < -0.3 is 15.0 Å². The van der Waals surface area contributed by atoms with E-state index >= 15 is 0 Å². The first-order chi connectivity index (χ1) is 10.6. The second-order valence-corrected chi connectivity index (χ2v) is 5.02. The van der Waals surface area contributed by atoms with Crippen LogP contribution in [0.3, 0.4) is 0 Å². The SMILES string of the molecule is O=C(O)c1ccc(C(=O)N2CCc3nc[nH]c(=O)c3C2)cc1. The fourth-order valence-corrected chi connectivity index (χ4v) is 2.47. The number of hydrogen-bond donors (Lipinski definition) is 2. The molecule has 2 heterocycles. The average molecular weight is 299 g/mol. The molecule has 3 rings (SSSR count). The lowest BCUT2D eigenvalue weighted by molar-refractivity contribution is 0.0692. The standard InChI is InChI=1S/C15H13N3O4/c19-13-11-7-18(6-5-12(11)16-8-17-13)14(20)9-1-3-10(4-2-9)15(21)22/h1-4,8H,5-7H2,(H,21,22)(H,16,17,19). The van der Waals surface area contributed by atoms with Crippen molar-refractivity contribution in [3.05, 3.63) is 63.3 Å². The van der Waals surface area contributed by atoms with Gasteiger partial charge >= 0.3 is 5.97 Å². The van der Waals surface area contributed by atoms with Crippen LogP contribution in [0.1, 0.15) is 32.0 Å². The third kappa shape index (κ3) is 2.48. The second-order valence-electron chi connectivity index (χ2n) is 5.02. The largest absolute Gasteiger partial charge is 0.478 e. The monoisotopic (exact) mass is 299 g/mol. The van der Waals surface area contributed by atoms with Crippen molar-refractivity contribution < 1.29 is 14.7 Å². The Morgan fingerprint density at radius 2 is 1.86 bits per heavy atom. The molecule has 0 bridgehead atoms. The Morgan fingerprint density at radius 3 is 2.55 bits per heavy atom. The normalized spacial score (nSPS) is 13.5. The molecule has 1 amide bonds. The summed E-state index contributed by atoms with van der Waals surface area (Å²) in [6.07, 6.45) is 1.89. The topological polar surface area (TPSA) is 103 Å². The summed E-state index contributed by atoms with van der Waals surface area (Å²) >= 11 is 0. The van der Waals surface area contributed by atoms with E-state index in [1.807, 2.05) is 0 Å². The van der Waals surface area contributed by atoms with E-state index in [0.717, 1.165) is 0 Å². The Hall–Kier alpha value is -2.96. The van der Waals surface area contributed by atoms with Crippen molar-refractivity contribution >= 4 is 11.9 Å². The predicted molar refractivity (Wildman–Crippen MR) is 76.7 cm³/mol. The van der Waals surface area contributed by atoms with Crippen molar-refractivity contribution in [2.75, 3.05) is 6.54 Å². The van der Waals surface area contributed by atoms with Gasteiger partial charge in [-0.2, -0.15) is 0 Å². The van der Waals surface area contributed by atoms with Crippen LogP contribution in [0.2, 0.25) is 0 Å². The lowest BCUT2D eigenvalue weighted by atomic mass is 10.1. The highest BCUT2D eigenvalue weighted by molar-refractivity contribution is 5.96. The van der Waals surface area contributed by atoms with Crippen molar-refractivity contribution in [2.24, 2.45) is 0 Å². The summed E-state index contributed by atoms with van der Waals surface area (Å²) in [4.78, 5) is 43.2. The van der Waals surface area contributed by atoms with E-state index in [0.29, 0.717) is 29.8 Å². The summed E-state index contributed by atoms with van der Waals surface area (Å²) in [7, 11) is 0. The van der Waals surface area contributed by atoms with Gasteiger partial charge in [0.15, 0.2) is 0 Å². The maximum atomic E-state index is 12.4. The Bertz CT molecular complexity index is 795. The number of amides is 1. The van der Waals surface area contributed by atoms with Crippen molar-refractivity contribution in [2.45, 2.75) is 13.0 Å². The predicted octanol–water partition coefficient (Wildman–Crippen LogP) is 0.667. The summed E-state index contributed by atoms with van der Waals surface area (Å²) in [5, 5.41) is 8.86. The number of carboxylic acid groups (broad SMARTS) is 1. The smallest absolute Gasteiger partial charge is 0.335 e. The molecule has 22 heavy (non-hydrogen) atoms. The maximum absolute atomic E-state index is 12.4. The molecule has 0 fully saturated rings. The molecule has 0 aliphatic carbocycles. The number of H-pyrrole nitrogens is 1. The van der Waals surface area contributed by atoms with E-state index < -0.39 is 5.97 Å². The zero-order valence-corrected chi connectivity index (χ0v) is 11.6. The molecule has 1 aromatic carbocycles. The molecule has 0 atom stereocenters. The van der Waals surface area contributed by atoms with Crippen LogP contribution in [0.25, 0.3) is 0 Å². The molecule has 1 aliphatic rings. The van der Waals surface area contributed by atoms with Gasteiger partial charge in [0.25, 0.3) is 11.5 Å². The van der Waals surface area contributed by atoms with Gasteiger partial charge in [0.05, 0.1) is 29.7 Å². The number of nitrogens with one attached hydrogen (secondary N) is 1. The van der Waals surface area contributed by atoms with Crippen LogP contribution in [0, 0.1) is 0 Å². The molecule has 2 N–H and O–H groups in total. The number of benzene rings is 1. The first-order valence-corrected chi connectivity index (χ1v) is 6.74. The van der Waals surface area contributed by atoms with Crippen molar-refractivity contribution in [1.82, 2.24) is 14.9 Å². The first kappa shape index (κ1) is 14.0. The van der Waals surface area contributed by atoms with Crippen LogP contribution in [0.15, 0.2) is 35.4 Å². The number of hydrogen-bond acceptors (Lipinski definition) is 4. The summed E-state index contributed by atoms with van der Waals surface area (Å²) < 4.78 is 0. The van der Waals surface area contributed by atoms with Crippen molar-refractivity contribution in [1.29, 1.82) is 0 Å². The quantitative estimate of drug-likeness (QED) is 0.848. The molecule has 1 aromatic heterocycles. The molecule has 0 saturated carbocycles. The second kappa shape index (κ2) is 5.44. The number of carbonyl (C=O) groups is 2. The fourth-order valence-electron chi connectivity index (χ4n) is 2.47. The minimum Gasteiger partial charge on any atom is -0.478 e. The third-order valence-electron chi connectivity index (χ3n) is 3.67. The lowest BCUT2D eigenvalue weighted by Crippen LogP contribution is -2.39. The molecule has 2 aromatic rings. The van der Waals surface area contributed by atoms with Gasteiger partial charge in [-0.1, -0.05) is 0 Å². The first-order valence-electron chi connectivity index (χ1n) is 6.74. The third-order valence-corrected chi connectivity index (χ3v) is 3.67. The average Bonchev–Trinajstić information content (AvgIpc) is 2.54. The molecule has 0 radical (unpaired) electrons. The number of carboxylic acids is 1. The van der Waals surface area contributed by atoms with Gasteiger partial charge in [0.2, 0.25) is 0 Å². The number of rotatable bonds is 2. The van der Waals surface area contributed by atoms with Crippen molar-refractivity contribution in [3.63, 3.8) is 0 Å². The Balaban J connectivity index is 1.83. The van der Waals surface area contributed by atoms with Crippen LogP contribution in [0.5, 0.6) is 0 Å². The highest BCUT2D eigenvalue weighted by Gasteiger charge is 2.24. The van der Waals surface area contributed by atoms with Gasteiger partial charge in [-0.3, -0.25) is 9.59 Å². The van der Waals surface area contributed by atoms with Crippen LogP contribution >= 0.6 is 0 Å². The number of aromatic nitrogens is 2. The van der Waals surface area contributed by atoms with Crippen LogP contribution < -0.4 is 5.56 Å². The van der Waals surface area contributed by atoms with E-state index in [2.05, 4.69) is 9.97 Å². The highest BCUT2D eigenvalue weighted by atomic mass is 16.4. The number of carbonyl (C=O) groups excluding carboxylic acids is 1. The summed E-state index contributed by atoms with van der Waals surface area (Å²) in [5.74, 6) is -1.27. The summed E-state index contributed by atoms with van der Waals surface area (Å²) in [6.45, 7) is 0.682. The molecule has 1 aliphatic heterocycles. The highest BCUT2D eigenvalue weighted by Crippen LogP contribution is 2.16. The van der Waals surface area contributed by atoms with E-state index in [-0.39, 0.29) is 23.6 Å². The molecule has 0 unspecified atom stereocenters. The van der Waals surface area contributed by atoms with Gasteiger partial charge in [0, 0.05) is 18.5 Å². The van der Waals surface area contributed by atoms with Gasteiger partial charge in [-0.15, -0.1) is 0 Å². The molecular formula is C15H13N3O4. The zero-order chi connectivity index (χ0) is 15.7. The number of aromatic carboxylic acids is 1. The van der Waals surface area contributed by atoms with E-state index in [1.165, 1.54) is 30.6 Å². The van der Waals surface area contributed by atoms with Crippen LogP contribution in [-0.2, 0) is 13.0 Å². The molecule has 0 spiro atoms.